The fraction of sp³-hybridized carbons (Fsp3) is 0.238. The smallest absolute Gasteiger partial charge is 0.272 e. The average Bonchev–Trinajstić information content (AvgIpc) is 3.03. The highest BCUT2D eigenvalue weighted by molar-refractivity contribution is 7.16. The summed E-state index contributed by atoms with van der Waals surface area (Å²) in [7, 11) is 0. The Bertz CT molecular complexity index is 1140. The van der Waals surface area contributed by atoms with Crippen LogP contribution in [0.25, 0.3) is 16.3 Å². The first kappa shape index (κ1) is 20.6. The van der Waals surface area contributed by atoms with Gasteiger partial charge in [-0.2, -0.15) is 4.99 Å². The molecule has 0 unspecified atom stereocenters. The van der Waals surface area contributed by atoms with Gasteiger partial charge in [-0.3, -0.25) is 14.9 Å². The van der Waals surface area contributed by atoms with Gasteiger partial charge in [-0.25, -0.2) is 0 Å². The number of hydrogen-bond acceptors (Lipinski definition) is 5. The van der Waals surface area contributed by atoms with E-state index in [9.17, 15) is 14.9 Å². The summed E-state index contributed by atoms with van der Waals surface area (Å²) in [4.78, 5) is 27.6. The lowest BCUT2D eigenvalue weighted by Crippen LogP contribution is -2.19. The number of nitro benzene ring substituents is 1. The molecule has 1 aromatic heterocycles. The fourth-order valence-electron chi connectivity index (χ4n) is 2.82. The van der Waals surface area contributed by atoms with Crippen molar-refractivity contribution in [1.82, 2.24) is 4.57 Å². The van der Waals surface area contributed by atoms with Crippen molar-refractivity contribution in [3.8, 4) is 0 Å². The van der Waals surface area contributed by atoms with E-state index < -0.39 is 10.8 Å². The molecule has 3 rings (SSSR count). The molecule has 0 bridgehead atoms. The van der Waals surface area contributed by atoms with Crippen molar-refractivity contribution < 1.29 is 14.5 Å². The Labute approximate surface area is 171 Å². The molecule has 0 aliphatic heterocycles. The molecular formula is C21H21N3O4S. The van der Waals surface area contributed by atoms with Crippen molar-refractivity contribution in [2.45, 2.75) is 20.4 Å². The standard InChI is InChI=1S/C21H21N3O4S/c1-3-28-12-11-23-18-9-7-15(2)13-19(18)29-21(23)22-20(25)10-8-16-5-4-6-17(14-16)24(26)27/h4-10,13-14H,3,11-12H2,1-2H3/b10-8+,22-21?. The van der Waals surface area contributed by atoms with Crippen LogP contribution in [0.15, 0.2) is 53.5 Å². The van der Waals surface area contributed by atoms with Crippen LogP contribution in [0.2, 0.25) is 0 Å². The van der Waals surface area contributed by atoms with Gasteiger partial charge in [0.1, 0.15) is 0 Å². The third-order valence-corrected chi connectivity index (χ3v) is 5.25. The van der Waals surface area contributed by atoms with E-state index in [1.807, 2.05) is 30.5 Å². The van der Waals surface area contributed by atoms with Gasteiger partial charge in [0.2, 0.25) is 0 Å². The van der Waals surface area contributed by atoms with Crippen LogP contribution in [0.4, 0.5) is 5.69 Å². The van der Waals surface area contributed by atoms with Gasteiger partial charge in [0, 0.05) is 31.4 Å². The maximum atomic E-state index is 12.4. The molecule has 0 radical (unpaired) electrons. The summed E-state index contributed by atoms with van der Waals surface area (Å²) in [5.41, 5.74) is 2.69. The maximum absolute atomic E-state index is 12.4. The van der Waals surface area contributed by atoms with E-state index in [1.165, 1.54) is 35.6 Å². The van der Waals surface area contributed by atoms with Crippen molar-refractivity contribution in [2.75, 3.05) is 13.2 Å². The van der Waals surface area contributed by atoms with Gasteiger partial charge >= 0.3 is 0 Å². The second-order valence-electron chi connectivity index (χ2n) is 6.34. The molecule has 1 amide bonds. The van der Waals surface area contributed by atoms with Gasteiger partial charge in [-0.05, 0) is 43.2 Å². The molecule has 0 N–H and O–H groups in total. The largest absolute Gasteiger partial charge is 0.380 e. The van der Waals surface area contributed by atoms with Gasteiger partial charge in [0.25, 0.3) is 11.6 Å². The number of aromatic nitrogens is 1. The Morgan fingerprint density at radius 3 is 2.90 bits per heavy atom. The van der Waals surface area contributed by atoms with E-state index >= 15 is 0 Å². The third kappa shape index (κ3) is 5.24. The van der Waals surface area contributed by atoms with Crippen molar-refractivity contribution in [1.29, 1.82) is 0 Å². The lowest BCUT2D eigenvalue weighted by atomic mass is 10.2. The molecule has 3 aromatic rings. The summed E-state index contributed by atoms with van der Waals surface area (Å²) in [6.07, 6.45) is 2.85. The molecule has 29 heavy (non-hydrogen) atoms. The number of ether oxygens (including phenoxy) is 1. The van der Waals surface area contributed by atoms with Crippen molar-refractivity contribution in [3.05, 3.63) is 74.6 Å². The van der Waals surface area contributed by atoms with Crippen LogP contribution in [-0.4, -0.2) is 28.6 Å². The lowest BCUT2D eigenvalue weighted by Gasteiger charge is -2.05. The Balaban J connectivity index is 1.91. The van der Waals surface area contributed by atoms with Crippen LogP contribution in [0.5, 0.6) is 0 Å². The minimum absolute atomic E-state index is 0.0230. The average molecular weight is 411 g/mol. The Kier molecular flexibility index (Phi) is 6.69. The first-order chi connectivity index (χ1) is 14.0. The summed E-state index contributed by atoms with van der Waals surface area (Å²) < 4.78 is 8.50. The van der Waals surface area contributed by atoms with Gasteiger partial charge in [0.15, 0.2) is 4.80 Å². The first-order valence-electron chi connectivity index (χ1n) is 9.17. The van der Waals surface area contributed by atoms with Gasteiger partial charge < -0.3 is 9.30 Å². The Hall–Kier alpha value is -3.10. The zero-order chi connectivity index (χ0) is 20.8. The molecule has 2 aromatic carbocycles. The highest BCUT2D eigenvalue weighted by Gasteiger charge is 2.08. The number of non-ortho nitro benzene ring substituents is 1. The highest BCUT2D eigenvalue weighted by Crippen LogP contribution is 2.19. The predicted molar refractivity (Wildman–Crippen MR) is 114 cm³/mol. The summed E-state index contributed by atoms with van der Waals surface area (Å²) in [5.74, 6) is -0.426. The van der Waals surface area contributed by atoms with Crippen molar-refractivity contribution in [3.63, 3.8) is 0 Å². The summed E-state index contributed by atoms with van der Waals surface area (Å²) >= 11 is 1.45. The second kappa shape index (κ2) is 9.40. The number of benzene rings is 2. The van der Waals surface area contributed by atoms with E-state index in [1.54, 1.807) is 12.1 Å². The van der Waals surface area contributed by atoms with Crippen LogP contribution >= 0.6 is 11.3 Å². The van der Waals surface area contributed by atoms with Crippen LogP contribution in [0, 0.1) is 17.0 Å². The van der Waals surface area contributed by atoms with Gasteiger partial charge in [0.05, 0.1) is 21.7 Å². The van der Waals surface area contributed by atoms with E-state index in [0.717, 1.165) is 15.8 Å². The molecule has 0 aliphatic rings. The number of fused-ring (bicyclic) bond motifs is 1. The molecule has 8 heteroatoms. The molecule has 0 saturated carbocycles. The van der Waals surface area contributed by atoms with E-state index in [-0.39, 0.29) is 5.69 Å². The van der Waals surface area contributed by atoms with Crippen LogP contribution in [-0.2, 0) is 16.1 Å². The van der Waals surface area contributed by atoms with Gasteiger partial charge in [-0.1, -0.05) is 29.5 Å². The minimum Gasteiger partial charge on any atom is -0.380 e. The van der Waals surface area contributed by atoms with Gasteiger partial charge in [-0.15, -0.1) is 0 Å². The number of nitro groups is 1. The molecule has 1 heterocycles. The number of amides is 1. The number of hydrogen-bond donors (Lipinski definition) is 0. The summed E-state index contributed by atoms with van der Waals surface area (Å²) in [6.45, 7) is 5.71. The SMILES string of the molecule is CCOCCn1c(=NC(=O)/C=C/c2cccc([N+](=O)[O-])c2)sc2cc(C)ccc21. The summed E-state index contributed by atoms with van der Waals surface area (Å²) in [5, 5.41) is 10.9. The minimum atomic E-state index is -0.468. The first-order valence-corrected chi connectivity index (χ1v) is 9.98. The van der Waals surface area contributed by atoms with Crippen LogP contribution in [0.3, 0.4) is 0 Å². The molecule has 0 atom stereocenters. The number of rotatable bonds is 7. The fourth-order valence-corrected chi connectivity index (χ4v) is 3.98. The topological polar surface area (TPSA) is 86.7 Å². The number of carbonyl (C=O) groups is 1. The maximum Gasteiger partial charge on any atom is 0.272 e. The zero-order valence-corrected chi connectivity index (χ0v) is 17.0. The Morgan fingerprint density at radius 1 is 1.31 bits per heavy atom. The highest BCUT2D eigenvalue weighted by atomic mass is 32.1. The van der Waals surface area contributed by atoms with E-state index in [4.69, 9.17) is 4.74 Å². The molecule has 7 nitrogen and oxygen atoms in total. The number of nitrogens with zero attached hydrogens (tertiary/aromatic N) is 3. The van der Waals surface area contributed by atoms with Crippen LogP contribution < -0.4 is 4.80 Å². The third-order valence-electron chi connectivity index (χ3n) is 4.21. The molecule has 150 valence electrons. The lowest BCUT2D eigenvalue weighted by molar-refractivity contribution is -0.384. The quantitative estimate of drug-likeness (QED) is 0.253. The predicted octanol–water partition coefficient (Wildman–Crippen LogP) is 4.10. The number of carbonyl (C=O) groups excluding carboxylic acids is 1. The second-order valence-corrected chi connectivity index (χ2v) is 7.35. The Morgan fingerprint density at radius 2 is 2.14 bits per heavy atom. The van der Waals surface area contributed by atoms with Crippen molar-refractivity contribution in [2.24, 2.45) is 4.99 Å². The molecule has 0 aliphatic carbocycles. The number of thiazole rings is 1. The molecule has 0 saturated heterocycles. The molecular weight excluding hydrogens is 390 g/mol. The summed E-state index contributed by atoms with van der Waals surface area (Å²) in [6, 6.07) is 12.2. The van der Waals surface area contributed by atoms with E-state index in [2.05, 4.69) is 11.1 Å². The van der Waals surface area contributed by atoms with E-state index in [0.29, 0.717) is 30.1 Å². The monoisotopic (exact) mass is 411 g/mol. The number of aryl methyl sites for hydroxylation is 1. The normalized spacial score (nSPS) is 12.1. The van der Waals surface area contributed by atoms with Crippen molar-refractivity contribution >= 4 is 39.2 Å². The zero-order valence-electron chi connectivity index (χ0n) is 16.2. The van der Waals surface area contributed by atoms with Crippen LogP contribution in [0.1, 0.15) is 18.1 Å². The molecule has 0 spiro atoms. The molecule has 0 fully saturated rings.